The van der Waals surface area contributed by atoms with E-state index >= 15 is 0 Å². The second-order valence-electron chi connectivity index (χ2n) is 8.19. The summed E-state index contributed by atoms with van der Waals surface area (Å²) in [5.74, 6) is 0.777. The van der Waals surface area contributed by atoms with Crippen LogP contribution in [0.4, 0.5) is 0 Å². The van der Waals surface area contributed by atoms with Gasteiger partial charge in [-0.15, -0.1) is 0 Å². The van der Waals surface area contributed by atoms with E-state index in [1.54, 1.807) is 4.90 Å². The fourth-order valence-corrected chi connectivity index (χ4v) is 5.94. The van der Waals surface area contributed by atoms with Gasteiger partial charge in [-0.1, -0.05) is 17.7 Å². The molecule has 160 valence electrons. The number of halogens is 1. The molecule has 1 unspecified atom stereocenters. The summed E-state index contributed by atoms with van der Waals surface area (Å²) < 4.78 is 38.3. The Morgan fingerprint density at radius 1 is 1.17 bits per heavy atom. The minimum absolute atomic E-state index is 0.106. The van der Waals surface area contributed by atoms with Crippen LogP contribution in [0, 0.1) is 0 Å². The van der Waals surface area contributed by atoms with E-state index in [0.29, 0.717) is 30.3 Å². The number of rotatable bonds is 2. The zero-order valence-electron chi connectivity index (χ0n) is 16.5. The quantitative estimate of drug-likeness (QED) is 0.759. The third-order valence-electron chi connectivity index (χ3n) is 6.18. The molecule has 29 heavy (non-hydrogen) atoms. The molecule has 5 rings (SSSR count). The number of amides is 1. The average molecular weight is 443 g/mol. The Labute approximate surface area is 176 Å². The Balaban J connectivity index is 1.61. The summed E-state index contributed by atoms with van der Waals surface area (Å²) in [6, 6.07) is 4.88. The molecule has 1 aliphatic carbocycles. The molecule has 2 bridgehead atoms. The molecule has 0 aromatic heterocycles. The third-order valence-corrected chi connectivity index (χ3v) is 7.24. The Hall–Kier alpha value is -1.35. The van der Waals surface area contributed by atoms with Gasteiger partial charge in [0.05, 0.1) is 25.0 Å². The van der Waals surface area contributed by atoms with Crippen LogP contribution >= 0.6 is 11.6 Å². The number of nitrogens with zero attached hydrogens (tertiary/aromatic N) is 1. The highest BCUT2D eigenvalue weighted by Gasteiger charge is 2.40. The molecule has 1 aromatic carbocycles. The maximum absolute atomic E-state index is 12.9. The lowest BCUT2D eigenvalue weighted by Crippen LogP contribution is -2.50. The highest BCUT2D eigenvalue weighted by molar-refractivity contribution is 7.88. The molecule has 3 aliphatic heterocycles. The molecule has 7 nitrogen and oxygen atoms in total. The number of ether oxygens (including phenoxy) is 2. The van der Waals surface area contributed by atoms with E-state index < -0.39 is 10.0 Å². The van der Waals surface area contributed by atoms with Crippen LogP contribution in [0.15, 0.2) is 18.2 Å². The van der Waals surface area contributed by atoms with Crippen LogP contribution in [-0.4, -0.2) is 63.4 Å². The van der Waals surface area contributed by atoms with Gasteiger partial charge >= 0.3 is 0 Å². The van der Waals surface area contributed by atoms with Crippen molar-refractivity contribution in [2.24, 2.45) is 0 Å². The van der Waals surface area contributed by atoms with Crippen molar-refractivity contribution in [3.63, 3.8) is 0 Å². The fourth-order valence-electron chi connectivity index (χ4n) is 4.80. The zero-order valence-corrected chi connectivity index (χ0v) is 18.0. The van der Waals surface area contributed by atoms with Crippen molar-refractivity contribution in [2.45, 2.75) is 56.2 Å². The fraction of sp³-hybridized carbons (Fsp3) is 0.650. The van der Waals surface area contributed by atoms with Gasteiger partial charge in [0.25, 0.3) is 5.91 Å². The smallest absolute Gasteiger partial charge is 0.260 e. The Bertz CT molecular complexity index is 870. The number of sulfonamides is 1. The molecule has 1 N–H and O–H groups in total. The number of hydrogen-bond acceptors (Lipinski definition) is 5. The Morgan fingerprint density at radius 2 is 1.93 bits per heavy atom. The lowest BCUT2D eigenvalue weighted by molar-refractivity contribution is -0.136. The molecule has 1 aromatic rings. The van der Waals surface area contributed by atoms with Crippen LogP contribution in [-0.2, 0) is 19.6 Å². The molecule has 1 saturated carbocycles. The Morgan fingerprint density at radius 3 is 2.66 bits per heavy atom. The molecule has 3 heterocycles. The first-order valence-electron chi connectivity index (χ1n) is 10.1. The second kappa shape index (κ2) is 8.41. The monoisotopic (exact) mass is 442 g/mol. The summed E-state index contributed by atoms with van der Waals surface area (Å²) in [5.41, 5.74) is 0.981. The minimum atomic E-state index is -3.38. The van der Waals surface area contributed by atoms with Gasteiger partial charge in [-0.2, -0.15) is 0 Å². The topological polar surface area (TPSA) is 84.9 Å². The minimum Gasteiger partial charge on any atom is -0.483 e. The highest BCUT2D eigenvalue weighted by Crippen LogP contribution is 2.42. The summed E-state index contributed by atoms with van der Waals surface area (Å²) in [6.45, 7) is 0.687. The number of fused-ring (bicyclic) bond motifs is 5. The van der Waals surface area contributed by atoms with Crippen LogP contribution in [0.3, 0.4) is 0 Å². The van der Waals surface area contributed by atoms with Crippen molar-refractivity contribution >= 4 is 27.5 Å². The van der Waals surface area contributed by atoms with Gasteiger partial charge in [-0.25, -0.2) is 13.1 Å². The van der Waals surface area contributed by atoms with Gasteiger partial charge in [-0.3, -0.25) is 4.79 Å². The first-order valence-corrected chi connectivity index (χ1v) is 12.4. The molecular formula is C20H27ClN2O5S. The second-order valence-corrected chi connectivity index (χ2v) is 10.4. The van der Waals surface area contributed by atoms with Crippen LogP contribution in [0.2, 0.25) is 5.02 Å². The van der Waals surface area contributed by atoms with Crippen LogP contribution in [0.25, 0.3) is 0 Å². The van der Waals surface area contributed by atoms with Gasteiger partial charge in [0.2, 0.25) is 10.0 Å². The van der Waals surface area contributed by atoms with E-state index in [-0.39, 0.29) is 36.6 Å². The molecule has 4 aliphatic rings. The van der Waals surface area contributed by atoms with Crippen LogP contribution in [0.5, 0.6) is 5.75 Å². The largest absolute Gasteiger partial charge is 0.483 e. The highest BCUT2D eigenvalue weighted by atomic mass is 35.5. The number of carbonyl (C=O) groups excluding carboxylic acids is 1. The Kier molecular flexibility index (Phi) is 6.06. The number of nitrogens with one attached hydrogen (secondary N) is 1. The van der Waals surface area contributed by atoms with Gasteiger partial charge < -0.3 is 14.4 Å². The molecule has 0 spiro atoms. The average Bonchev–Trinajstić information content (AvgIpc) is 3.05. The summed E-state index contributed by atoms with van der Waals surface area (Å²) in [7, 11) is -3.38. The number of carbonyl (C=O) groups is 1. The summed E-state index contributed by atoms with van der Waals surface area (Å²) in [4.78, 5) is 14.6. The van der Waals surface area contributed by atoms with E-state index in [2.05, 4.69) is 4.72 Å². The molecule has 2 fully saturated rings. The molecular weight excluding hydrogens is 416 g/mol. The molecule has 0 radical (unpaired) electrons. The van der Waals surface area contributed by atoms with E-state index in [1.807, 2.05) is 18.2 Å². The first-order chi connectivity index (χ1) is 13.8. The van der Waals surface area contributed by atoms with Crippen molar-refractivity contribution in [1.82, 2.24) is 9.62 Å². The SMILES string of the molecule is CS(=O)(=O)NC1CCN2C(=O)COc3cccc(Cl)c3C3CCC(CC3)OC[C@@H]12. The number of benzene rings is 1. The maximum Gasteiger partial charge on any atom is 0.260 e. The molecule has 9 heteroatoms. The predicted molar refractivity (Wildman–Crippen MR) is 110 cm³/mol. The van der Waals surface area contributed by atoms with Gasteiger partial charge in [0.15, 0.2) is 6.61 Å². The molecule has 1 amide bonds. The molecule has 2 atom stereocenters. The summed E-state index contributed by atoms with van der Waals surface area (Å²) >= 11 is 6.49. The summed E-state index contributed by atoms with van der Waals surface area (Å²) in [5, 5.41) is 0.672. The third kappa shape index (κ3) is 4.71. The zero-order chi connectivity index (χ0) is 20.6. The van der Waals surface area contributed by atoms with Gasteiger partial charge in [0, 0.05) is 23.2 Å². The van der Waals surface area contributed by atoms with Crippen molar-refractivity contribution in [3.8, 4) is 5.75 Å². The first kappa shape index (κ1) is 20.9. The van der Waals surface area contributed by atoms with E-state index in [0.717, 1.165) is 37.5 Å². The predicted octanol–water partition coefficient (Wildman–Crippen LogP) is 2.29. The lowest BCUT2D eigenvalue weighted by Gasteiger charge is -2.32. The lowest BCUT2D eigenvalue weighted by atomic mass is 9.82. The molecule has 1 saturated heterocycles. The van der Waals surface area contributed by atoms with E-state index in [1.165, 1.54) is 0 Å². The van der Waals surface area contributed by atoms with Gasteiger partial charge in [-0.05, 0) is 50.2 Å². The van der Waals surface area contributed by atoms with Crippen molar-refractivity contribution in [3.05, 3.63) is 28.8 Å². The normalized spacial score (nSPS) is 30.6. The van der Waals surface area contributed by atoms with Crippen molar-refractivity contribution < 1.29 is 22.7 Å². The van der Waals surface area contributed by atoms with Crippen LogP contribution in [0.1, 0.15) is 43.6 Å². The van der Waals surface area contributed by atoms with E-state index in [4.69, 9.17) is 21.1 Å². The van der Waals surface area contributed by atoms with E-state index in [9.17, 15) is 13.2 Å². The standard InChI is InChI=1S/C20H27ClN2O5S/c1-29(25,26)22-16-9-10-23-17(16)11-27-14-7-5-13(6-8-14)20-15(21)3-2-4-18(20)28-12-19(23)24/h2-4,13-14,16-17,22H,5-12H2,1H3/t13?,14?,16?,17-/m0/s1. The van der Waals surface area contributed by atoms with Crippen LogP contribution < -0.4 is 9.46 Å². The van der Waals surface area contributed by atoms with Crippen molar-refractivity contribution in [1.29, 1.82) is 0 Å². The summed E-state index contributed by atoms with van der Waals surface area (Å²) in [6.07, 6.45) is 5.50. The van der Waals surface area contributed by atoms with Crippen molar-refractivity contribution in [2.75, 3.05) is 26.0 Å². The maximum atomic E-state index is 12.9. The number of hydrogen-bond donors (Lipinski definition) is 1. The van der Waals surface area contributed by atoms with Gasteiger partial charge in [0.1, 0.15) is 5.75 Å².